The van der Waals surface area contributed by atoms with E-state index in [-0.39, 0.29) is 18.1 Å². The molecule has 3 aromatic heterocycles. The third kappa shape index (κ3) is 5.17. The van der Waals surface area contributed by atoms with E-state index in [2.05, 4.69) is 33.3 Å². The summed E-state index contributed by atoms with van der Waals surface area (Å²) in [6.07, 6.45) is 5.57. The molecule has 198 valence electrons. The molecular formula is C29H27FN6O2S. The molecule has 2 amide bonds. The van der Waals surface area contributed by atoms with Crippen molar-refractivity contribution in [3.8, 4) is 11.3 Å². The van der Waals surface area contributed by atoms with Crippen molar-refractivity contribution in [1.82, 2.24) is 24.8 Å². The quantitative estimate of drug-likeness (QED) is 0.373. The van der Waals surface area contributed by atoms with Crippen LogP contribution < -0.4 is 5.32 Å². The van der Waals surface area contributed by atoms with E-state index in [1.165, 1.54) is 34.4 Å². The minimum atomic E-state index is -1.05. The summed E-state index contributed by atoms with van der Waals surface area (Å²) in [7, 11) is 2.14. The van der Waals surface area contributed by atoms with Crippen molar-refractivity contribution in [2.75, 3.05) is 25.5 Å². The summed E-state index contributed by atoms with van der Waals surface area (Å²) in [5.41, 5.74) is 3.92. The molecule has 0 spiro atoms. The van der Waals surface area contributed by atoms with Crippen LogP contribution >= 0.6 is 11.3 Å². The molecule has 1 saturated heterocycles. The van der Waals surface area contributed by atoms with Crippen LogP contribution in [0.25, 0.3) is 11.3 Å². The number of halogens is 1. The van der Waals surface area contributed by atoms with E-state index in [1.807, 2.05) is 24.4 Å². The van der Waals surface area contributed by atoms with Gasteiger partial charge in [-0.05, 0) is 68.9 Å². The van der Waals surface area contributed by atoms with Gasteiger partial charge in [-0.1, -0.05) is 18.2 Å². The fourth-order valence-corrected chi connectivity index (χ4v) is 5.80. The Morgan fingerprint density at radius 3 is 2.69 bits per heavy atom. The van der Waals surface area contributed by atoms with Gasteiger partial charge in [-0.15, -0.1) is 11.3 Å². The molecule has 1 atom stereocenters. The lowest BCUT2D eigenvalue weighted by atomic mass is 9.93. The SMILES string of the molecule is CN1CCC(c2ccc(-c3ccc4c(n3)C(=O)N(C(C(=O)Nc3nccs3)c3cccc(F)c3)C4)cn2)CC1. The predicted molar refractivity (Wildman–Crippen MR) is 147 cm³/mol. The van der Waals surface area contributed by atoms with Gasteiger partial charge >= 0.3 is 0 Å². The third-order valence-electron chi connectivity index (χ3n) is 7.39. The Balaban J connectivity index is 1.26. The van der Waals surface area contributed by atoms with Crippen molar-refractivity contribution in [1.29, 1.82) is 0 Å². The smallest absolute Gasteiger partial charge is 0.274 e. The van der Waals surface area contributed by atoms with E-state index in [9.17, 15) is 14.0 Å². The standard InChI is InChI=1S/C29H27FN6O2S/c1-35-12-9-18(10-13-35)23-7-5-20(16-32-23)24-8-6-21-17-36(28(38)25(21)33-24)26(19-3-2-4-22(30)15-19)27(37)34-29-31-11-14-39-29/h2-8,11,14-16,18,26H,9-10,12-13,17H2,1H3,(H,31,34,37). The molecule has 1 unspecified atom stereocenters. The van der Waals surface area contributed by atoms with Crippen LogP contribution in [-0.2, 0) is 11.3 Å². The molecule has 6 rings (SSSR count). The number of hydrogen-bond donors (Lipinski definition) is 1. The molecule has 1 aromatic carbocycles. The highest BCUT2D eigenvalue weighted by atomic mass is 32.1. The molecule has 4 aromatic rings. The van der Waals surface area contributed by atoms with E-state index >= 15 is 0 Å². The number of anilines is 1. The molecule has 2 aliphatic heterocycles. The molecule has 0 aliphatic carbocycles. The largest absolute Gasteiger partial charge is 0.317 e. The molecule has 1 fully saturated rings. The summed E-state index contributed by atoms with van der Waals surface area (Å²) in [6.45, 7) is 2.32. The highest BCUT2D eigenvalue weighted by Crippen LogP contribution is 2.34. The Hall–Kier alpha value is -4.02. The number of carbonyl (C=O) groups excluding carboxylic acids is 2. The second-order valence-electron chi connectivity index (χ2n) is 9.97. The van der Waals surface area contributed by atoms with Crippen LogP contribution in [0.1, 0.15) is 52.1 Å². The number of piperidine rings is 1. The van der Waals surface area contributed by atoms with Crippen molar-refractivity contribution in [3.05, 3.63) is 94.6 Å². The molecule has 5 heterocycles. The van der Waals surface area contributed by atoms with Crippen molar-refractivity contribution in [3.63, 3.8) is 0 Å². The zero-order valence-corrected chi connectivity index (χ0v) is 22.2. The molecule has 1 N–H and O–H groups in total. The molecule has 10 heteroatoms. The maximum absolute atomic E-state index is 14.2. The highest BCUT2D eigenvalue weighted by Gasteiger charge is 2.39. The Kier molecular flexibility index (Phi) is 6.88. The maximum Gasteiger partial charge on any atom is 0.274 e. The van der Waals surface area contributed by atoms with Gasteiger partial charge in [0.2, 0.25) is 0 Å². The van der Waals surface area contributed by atoms with Crippen molar-refractivity contribution in [2.24, 2.45) is 0 Å². The summed E-state index contributed by atoms with van der Waals surface area (Å²) in [6, 6.07) is 12.5. The second kappa shape index (κ2) is 10.6. The summed E-state index contributed by atoms with van der Waals surface area (Å²) in [5, 5.41) is 4.90. The predicted octanol–water partition coefficient (Wildman–Crippen LogP) is 4.88. The van der Waals surface area contributed by atoms with Gasteiger partial charge in [-0.3, -0.25) is 19.9 Å². The molecule has 2 aliphatic rings. The average Bonchev–Trinajstić information content (AvgIpc) is 3.57. The minimum Gasteiger partial charge on any atom is -0.317 e. The second-order valence-corrected chi connectivity index (χ2v) is 10.9. The van der Waals surface area contributed by atoms with E-state index in [1.54, 1.807) is 17.6 Å². The van der Waals surface area contributed by atoms with Gasteiger partial charge in [0.1, 0.15) is 17.6 Å². The highest BCUT2D eigenvalue weighted by molar-refractivity contribution is 7.13. The first-order valence-electron chi connectivity index (χ1n) is 12.9. The van der Waals surface area contributed by atoms with Gasteiger partial charge < -0.3 is 9.80 Å². The lowest BCUT2D eigenvalue weighted by Crippen LogP contribution is -2.37. The fraction of sp³-hybridized carbons (Fsp3) is 0.276. The molecule has 0 radical (unpaired) electrons. The molecular weight excluding hydrogens is 515 g/mol. The van der Waals surface area contributed by atoms with Crippen LogP contribution in [0.15, 0.2) is 66.3 Å². The Morgan fingerprint density at radius 1 is 1.13 bits per heavy atom. The van der Waals surface area contributed by atoms with Gasteiger partial charge in [0.15, 0.2) is 5.13 Å². The Morgan fingerprint density at radius 2 is 1.97 bits per heavy atom. The van der Waals surface area contributed by atoms with Crippen molar-refractivity contribution >= 4 is 28.3 Å². The zero-order chi connectivity index (χ0) is 26.9. The van der Waals surface area contributed by atoms with E-state index in [4.69, 9.17) is 4.98 Å². The molecule has 0 bridgehead atoms. The summed E-state index contributed by atoms with van der Waals surface area (Å²) in [4.78, 5) is 44.3. The number of aromatic nitrogens is 3. The number of nitrogens with one attached hydrogen (secondary N) is 1. The van der Waals surface area contributed by atoms with Crippen LogP contribution in [-0.4, -0.2) is 56.7 Å². The first kappa shape index (κ1) is 25.3. The topological polar surface area (TPSA) is 91.3 Å². The summed E-state index contributed by atoms with van der Waals surface area (Å²) in [5.74, 6) is -0.883. The summed E-state index contributed by atoms with van der Waals surface area (Å²) < 4.78 is 14.2. The lowest BCUT2D eigenvalue weighted by Gasteiger charge is -2.28. The van der Waals surface area contributed by atoms with E-state index < -0.39 is 17.8 Å². The molecule has 39 heavy (non-hydrogen) atoms. The minimum absolute atomic E-state index is 0.182. The van der Waals surface area contributed by atoms with Crippen LogP contribution in [0.2, 0.25) is 0 Å². The van der Waals surface area contributed by atoms with Crippen LogP contribution in [0.3, 0.4) is 0 Å². The molecule has 0 saturated carbocycles. The monoisotopic (exact) mass is 542 g/mol. The number of nitrogens with zero attached hydrogens (tertiary/aromatic N) is 5. The first-order chi connectivity index (χ1) is 19.0. The summed E-state index contributed by atoms with van der Waals surface area (Å²) >= 11 is 1.27. The van der Waals surface area contributed by atoms with Gasteiger partial charge in [0, 0.05) is 47.1 Å². The third-order valence-corrected chi connectivity index (χ3v) is 8.08. The normalized spacial score (nSPS) is 16.8. The zero-order valence-electron chi connectivity index (χ0n) is 21.4. The number of pyridine rings is 2. The van der Waals surface area contributed by atoms with Crippen molar-refractivity contribution < 1.29 is 14.0 Å². The fourth-order valence-electron chi connectivity index (χ4n) is 5.27. The lowest BCUT2D eigenvalue weighted by molar-refractivity contribution is -0.120. The van der Waals surface area contributed by atoms with Gasteiger partial charge in [-0.2, -0.15) is 0 Å². The number of amides is 2. The van der Waals surface area contributed by atoms with Gasteiger partial charge in [-0.25, -0.2) is 14.4 Å². The van der Waals surface area contributed by atoms with E-state index in [0.29, 0.717) is 27.9 Å². The maximum atomic E-state index is 14.2. The number of thiazole rings is 1. The van der Waals surface area contributed by atoms with Gasteiger partial charge in [0.05, 0.1) is 5.69 Å². The van der Waals surface area contributed by atoms with Crippen molar-refractivity contribution in [2.45, 2.75) is 31.3 Å². The Bertz CT molecular complexity index is 1500. The number of rotatable bonds is 6. The number of fused-ring (bicyclic) bond motifs is 1. The van der Waals surface area contributed by atoms with Gasteiger partial charge in [0.25, 0.3) is 11.8 Å². The number of benzene rings is 1. The first-order valence-corrected chi connectivity index (χ1v) is 13.8. The Labute approximate surface area is 229 Å². The van der Waals surface area contributed by atoms with Crippen LogP contribution in [0.5, 0.6) is 0 Å². The average molecular weight is 543 g/mol. The van der Waals surface area contributed by atoms with Crippen LogP contribution in [0.4, 0.5) is 9.52 Å². The number of hydrogen-bond acceptors (Lipinski definition) is 7. The van der Waals surface area contributed by atoms with Crippen LogP contribution in [0, 0.1) is 5.82 Å². The van der Waals surface area contributed by atoms with E-state index in [0.717, 1.165) is 37.2 Å². The molecule has 8 nitrogen and oxygen atoms in total. The number of carbonyl (C=O) groups is 2. The number of likely N-dealkylation sites (tertiary alicyclic amines) is 1.